The number of hydrogen-bond donors (Lipinski definition) is 0. The topological polar surface area (TPSA) is 0 Å². The van der Waals surface area contributed by atoms with E-state index in [4.69, 9.17) is 0 Å². The largest absolute Gasteiger partial charge is 0.206 e. The third kappa shape index (κ3) is 5.46. The van der Waals surface area contributed by atoms with Crippen LogP contribution >= 0.6 is 0 Å². The molecule has 0 unspecified atom stereocenters. The van der Waals surface area contributed by atoms with Gasteiger partial charge in [0.25, 0.3) is 0 Å². The van der Waals surface area contributed by atoms with Crippen LogP contribution in [-0.4, -0.2) is 0 Å². The first-order valence-corrected chi connectivity index (χ1v) is 10.6. The minimum absolute atomic E-state index is 0.182. The molecule has 2 aromatic rings. The van der Waals surface area contributed by atoms with E-state index in [1.165, 1.54) is 44.1 Å². The van der Waals surface area contributed by atoms with Gasteiger partial charge in [-0.25, -0.2) is 4.39 Å². The van der Waals surface area contributed by atoms with Gasteiger partial charge in [-0.3, -0.25) is 0 Å². The lowest BCUT2D eigenvalue weighted by Gasteiger charge is -2.28. The van der Waals surface area contributed by atoms with E-state index in [1.54, 1.807) is 6.07 Å². The molecule has 1 heteroatoms. The van der Waals surface area contributed by atoms with Gasteiger partial charge in [0.05, 0.1) is 5.56 Å². The lowest BCUT2D eigenvalue weighted by atomic mass is 9.77. The van der Waals surface area contributed by atoms with E-state index in [1.807, 2.05) is 18.2 Å². The predicted octanol–water partition coefficient (Wildman–Crippen LogP) is 7.25. The summed E-state index contributed by atoms with van der Waals surface area (Å²) < 4.78 is 14.6. The summed E-state index contributed by atoms with van der Waals surface area (Å²) >= 11 is 0. The zero-order valence-corrected chi connectivity index (χ0v) is 16.7. The van der Waals surface area contributed by atoms with Crippen LogP contribution in [0.3, 0.4) is 0 Å². The summed E-state index contributed by atoms with van der Waals surface area (Å²) in [5, 5.41) is 0. The van der Waals surface area contributed by atoms with E-state index in [0.717, 1.165) is 29.9 Å². The van der Waals surface area contributed by atoms with E-state index in [-0.39, 0.29) is 5.82 Å². The van der Waals surface area contributed by atoms with Crippen molar-refractivity contribution in [1.29, 1.82) is 0 Å². The Labute approximate surface area is 164 Å². The summed E-state index contributed by atoms with van der Waals surface area (Å²) in [5.74, 6) is 7.32. The van der Waals surface area contributed by atoms with Crippen LogP contribution in [0, 0.1) is 23.6 Å². The van der Waals surface area contributed by atoms with Crippen molar-refractivity contribution in [1.82, 2.24) is 0 Å². The quantitative estimate of drug-likeness (QED) is 0.491. The molecule has 0 spiro atoms. The number of aryl methyl sites for hydroxylation is 1. The lowest BCUT2D eigenvalue weighted by Crippen LogP contribution is -2.13. The van der Waals surface area contributed by atoms with Crippen LogP contribution in [0.4, 0.5) is 4.39 Å². The van der Waals surface area contributed by atoms with E-state index in [9.17, 15) is 4.39 Å². The van der Waals surface area contributed by atoms with Crippen molar-refractivity contribution in [3.8, 4) is 11.8 Å². The van der Waals surface area contributed by atoms with Gasteiger partial charge in [0.1, 0.15) is 5.82 Å². The van der Waals surface area contributed by atoms with Crippen molar-refractivity contribution in [3.05, 3.63) is 70.5 Å². The average Bonchev–Trinajstić information content (AvgIpc) is 2.69. The van der Waals surface area contributed by atoms with Crippen LogP contribution in [0.15, 0.2) is 42.5 Å². The van der Waals surface area contributed by atoms with Gasteiger partial charge < -0.3 is 0 Å². The molecule has 0 N–H and O–H groups in total. The molecule has 0 aliphatic heterocycles. The third-order valence-electron chi connectivity index (χ3n) is 5.84. The van der Waals surface area contributed by atoms with Gasteiger partial charge in [0.2, 0.25) is 0 Å². The fraction of sp³-hybridized carbons (Fsp3) is 0.462. The van der Waals surface area contributed by atoms with Crippen LogP contribution in [-0.2, 0) is 6.42 Å². The Hall–Kier alpha value is -2.07. The summed E-state index contributed by atoms with van der Waals surface area (Å²) in [7, 11) is 0. The van der Waals surface area contributed by atoms with Gasteiger partial charge in [-0.2, -0.15) is 0 Å². The van der Waals surface area contributed by atoms with Crippen molar-refractivity contribution < 1.29 is 4.39 Å². The highest BCUT2D eigenvalue weighted by molar-refractivity contribution is 5.45. The fourth-order valence-corrected chi connectivity index (χ4v) is 4.26. The van der Waals surface area contributed by atoms with Gasteiger partial charge >= 0.3 is 0 Å². The molecule has 0 heterocycles. The van der Waals surface area contributed by atoms with Crippen LogP contribution < -0.4 is 0 Å². The van der Waals surface area contributed by atoms with Gasteiger partial charge in [-0.15, -0.1) is 0 Å². The van der Waals surface area contributed by atoms with Crippen LogP contribution in [0.1, 0.15) is 87.0 Å². The molecule has 142 valence electrons. The molecule has 0 amide bonds. The van der Waals surface area contributed by atoms with E-state index >= 15 is 0 Å². The lowest BCUT2D eigenvalue weighted by molar-refractivity contribution is 0.308. The second-order valence-corrected chi connectivity index (χ2v) is 7.94. The van der Waals surface area contributed by atoms with Crippen LogP contribution in [0.2, 0.25) is 0 Å². The maximum Gasteiger partial charge on any atom is 0.139 e. The normalized spacial score (nSPS) is 19.4. The molecule has 2 aromatic carbocycles. The Bertz CT molecular complexity index is 783. The van der Waals surface area contributed by atoms with Crippen molar-refractivity contribution in [2.45, 2.75) is 71.1 Å². The number of rotatable bonds is 5. The highest BCUT2D eigenvalue weighted by atomic mass is 19.1. The van der Waals surface area contributed by atoms with Crippen LogP contribution in [0.5, 0.6) is 0 Å². The Morgan fingerprint density at radius 1 is 0.889 bits per heavy atom. The second kappa shape index (κ2) is 9.75. The predicted molar refractivity (Wildman–Crippen MR) is 112 cm³/mol. The summed E-state index contributed by atoms with van der Waals surface area (Å²) in [6.45, 7) is 4.44. The summed E-state index contributed by atoms with van der Waals surface area (Å²) in [4.78, 5) is 0. The molecule has 27 heavy (non-hydrogen) atoms. The molecular formula is C26H31F. The van der Waals surface area contributed by atoms with Gasteiger partial charge in [0.15, 0.2) is 0 Å². The van der Waals surface area contributed by atoms with Gasteiger partial charge in [0, 0.05) is 5.56 Å². The first-order valence-electron chi connectivity index (χ1n) is 10.6. The number of halogens is 1. The first kappa shape index (κ1) is 19.7. The highest BCUT2D eigenvalue weighted by Gasteiger charge is 2.22. The summed E-state index contributed by atoms with van der Waals surface area (Å²) in [6, 6.07) is 13.9. The maximum absolute atomic E-state index is 14.6. The Morgan fingerprint density at radius 2 is 1.63 bits per heavy atom. The van der Waals surface area contributed by atoms with E-state index < -0.39 is 0 Å². The molecule has 1 aliphatic carbocycles. The fourth-order valence-electron chi connectivity index (χ4n) is 4.26. The monoisotopic (exact) mass is 362 g/mol. The molecule has 0 radical (unpaired) electrons. The Kier molecular flexibility index (Phi) is 7.11. The van der Waals surface area contributed by atoms with Crippen molar-refractivity contribution in [2.75, 3.05) is 0 Å². The smallest absolute Gasteiger partial charge is 0.139 e. The Morgan fingerprint density at radius 3 is 2.26 bits per heavy atom. The number of hydrogen-bond acceptors (Lipinski definition) is 0. The van der Waals surface area contributed by atoms with E-state index in [2.05, 4.69) is 43.9 Å². The number of benzene rings is 2. The molecule has 0 atom stereocenters. The molecular weight excluding hydrogens is 331 g/mol. The molecule has 0 saturated heterocycles. The second-order valence-electron chi connectivity index (χ2n) is 7.94. The highest BCUT2D eigenvalue weighted by Crippen LogP contribution is 2.37. The average molecular weight is 363 g/mol. The third-order valence-corrected chi connectivity index (χ3v) is 5.84. The van der Waals surface area contributed by atoms with Crippen molar-refractivity contribution >= 4 is 0 Å². The molecule has 0 nitrogen and oxygen atoms in total. The van der Waals surface area contributed by atoms with E-state index in [0.29, 0.717) is 11.5 Å². The van der Waals surface area contributed by atoms with Crippen molar-refractivity contribution in [3.63, 3.8) is 0 Å². The SMILES string of the molecule is CCCc1ccc(C#Cc2ccc(C3CCC(CCC)CC3)cc2F)cc1. The molecule has 1 fully saturated rings. The molecule has 1 saturated carbocycles. The zero-order chi connectivity index (χ0) is 19.1. The molecule has 0 bridgehead atoms. The summed E-state index contributed by atoms with van der Waals surface area (Å²) in [5.41, 5.74) is 3.91. The van der Waals surface area contributed by atoms with Gasteiger partial charge in [-0.05, 0) is 79.3 Å². The molecule has 3 rings (SSSR count). The minimum atomic E-state index is -0.182. The molecule has 0 aromatic heterocycles. The standard InChI is InChI=1S/C26H31F/c1-3-5-20-7-9-22(10-8-20)13-16-24-17-18-25(19-26(24)27)23-14-11-21(6-4-2)12-15-23/h7-10,17-19,21,23H,3-6,11-12,14-15H2,1-2H3. The van der Waals surface area contributed by atoms with Gasteiger partial charge in [-0.1, -0.05) is 63.1 Å². The maximum atomic E-state index is 14.6. The summed E-state index contributed by atoms with van der Waals surface area (Å²) in [6.07, 6.45) is 9.81. The van der Waals surface area contributed by atoms with Crippen molar-refractivity contribution in [2.24, 2.45) is 5.92 Å². The van der Waals surface area contributed by atoms with Crippen LogP contribution in [0.25, 0.3) is 0 Å². The minimum Gasteiger partial charge on any atom is -0.206 e. The zero-order valence-electron chi connectivity index (χ0n) is 16.7. The Balaban J connectivity index is 1.65. The molecule has 1 aliphatic rings. The first-order chi connectivity index (χ1) is 13.2.